The van der Waals surface area contributed by atoms with E-state index in [1.807, 2.05) is 6.07 Å². The second-order valence-corrected chi connectivity index (χ2v) is 4.64. The minimum absolute atomic E-state index is 0.0627. The highest BCUT2D eigenvalue weighted by molar-refractivity contribution is 6.33. The van der Waals surface area contributed by atoms with Gasteiger partial charge < -0.3 is 11.1 Å². The smallest absolute Gasteiger partial charge is 0.399 e. The summed E-state index contributed by atoms with van der Waals surface area (Å²) in [6.07, 6.45) is -4.47. The average Bonchev–Trinajstić information content (AvgIpc) is 2.41. The van der Waals surface area contributed by atoms with Crippen LogP contribution in [-0.4, -0.2) is 0 Å². The first-order valence-electron chi connectivity index (χ1n) is 5.74. The lowest BCUT2D eigenvalue weighted by atomic mass is 10.1. The van der Waals surface area contributed by atoms with Crippen molar-refractivity contribution in [1.82, 2.24) is 0 Å². The molecule has 0 aromatic heterocycles. The van der Waals surface area contributed by atoms with Crippen LogP contribution in [0.5, 0.6) is 0 Å². The molecule has 7 heteroatoms. The standard InChI is InChI=1S/C14H9ClF3N3/c15-11-3-1-9(14(16,17)18)6-13(11)21-12-4-2-10(20)5-8(12)7-19/h1-6,21H,20H2. The number of anilines is 3. The first kappa shape index (κ1) is 15.0. The van der Waals surface area contributed by atoms with E-state index in [1.54, 1.807) is 0 Å². The fourth-order valence-corrected chi connectivity index (χ4v) is 1.87. The molecule has 0 radical (unpaired) electrons. The van der Waals surface area contributed by atoms with Crippen LogP contribution in [0.3, 0.4) is 0 Å². The first-order chi connectivity index (χ1) is 9.81. The quantitative estimate of drug-likeness (QED) is 0.799. The van der Waals surface area contributed by atoms with Gasteiger partial charge in [0.05, 0.1) is 27.5 Å². The number of hydrogen-bond donors (Lipinski definition) is 2. The third-order valence-electron chi connectivity index (χ3n) is 2.73. The van der Waals surface area contributed by atoms with Crippen molar-refractivity contribution < 1.29 is 13.2 Å². The molecule has 0 atom stereocenters. The molecule has 2 rings (SSSR count). The molecule has 21 heavy (non-hydrogen) atoms. The van der Waals surface area contributed by atoms with Gasteiger partial charge in [0.1, 0.15) is 6.07 Å². The van der Waals surface area contributed by atoms with Gasteiger partial charge in [-0.1, -0.05) is 11.6 Å². The molecule has 0 aliphatic rings. The molecule has 0 fully saturated rings. The number of halogens is 4. The fraction of sp³-hybridized carbons (Fsp3) is 0.0714. The zero-order valence-corrected chi connectivity index (χ0v) is 11.3. The first-order valence-corrected chi connectivity index (χ1v) is 6.12. The monoisotopic (exact) mass is 311 g/mol. The fourth-order valence-electron chi connectivity index (χ4n) is 1.71. The molecule has 0 aliphatic carbocycles. The molecule has 0 saturated carbocycles. The molecule has 0 aliphatic heterocycles. The highest BCUT2D eigenvalue weighted by Gasteiger charge is 2.31. The van der Waals surface area contributed by atoms with E-state index >= 15 is 0 Å². The van der Waals surface area contributed by atoms with Gasteiger partial charge in [0.15, 0.2) is 0 Å². The Morgan fingerprint density at radius 1 is 1.10 bits per heavy atom. The summed E-state index contributed by atoms with van der Waals surface area (Å²) in [5.74, 6) is 0. The average molecular weight is 312 g/mol. The highest BCUT2D eigenvalue weighted by Crippen LogP contribution is 2.35. The van der Waals surface area contributed by atoms with E-state index in [2.05, 4.69) is 5.32 Å². The summed E-state index contributed by atoms with van der Waals surface area (Å²) in [5, 5.41) is 11.9. The van der Waals surface area contributed by atoms with E-state index in [1.165, 1.54) is 18.2 Å². The summed E-state index contributed by atoms with van der Waals surface area (Å²) in [5.41, 5.74) is 5.71. The Balaban J connectivity index is 2.43. The molecule has 0 saturated heterocycles. The number of nitrogens with two attached hydrogens (primary N) is 1. The second-order valence-electron chi connectivity index (χ2n) is 4.23. The number of hydrogen-bond acceptors (Lipinski definition) is 3. The van der Waals surface area contributed by atoms with Crippen molar-refractivity contribution in [3.63, 3.8) is 0 Å². The predicted octanol–water partition coefficient (Wildman–Crippen LogP) is 4.56. The van der Waals surface area contributed by atoms with Gasteiger partial charge in [-0.3, -0.25) is 0 Å². The molecule has 2 aromatic carbocycles. The summed E-state index contributed by atoms with van der Waals surface area (Å²) in [6, 6.07) is 9.30. The molecule has 0 unspecified atom stereocenters. The molecule has 0 amide bonds. The molecular weight excluding hydrogens is 303 g/mol. The van der Waals surface area contributed by atoms with Crippen molar-refractivity contribution in [2.24, 2.45) is 0 Å². The number of nitrogens with one attached hydrogen (secondary N) is 1. The van der Waals surface area contributed by atoms with Crippen molar-refractivity contribution in [1.29, 1.82) is 5.26 Å². The van der Waals surface area contributed by atoms with Crippen molar-refractivity contribution in [2.75, 3.05) is 11.1 Å². The van der Waals surface area contributed by atoms with Gasteiger partial charge in [-0.25, -0.2) is 0 Å². The lowest BCUT2D eigenvalue weighted by Crippen LogP contribution is -2.06. The van der Waals surface area contributed by atoms with Crippen LogP contribution in [0.4, 0.5) is 30.2 Å². The van der Waals surface area contributed by atoms with Crippen molar-refractivity contribution in [3.05, 3.63) is 52.5 Å². The summed E-state index contributed by atoms with van der Waals surface area (Å²) in [4.78, 5) is 0. The molecule has 3 nitrogen and oxygen atoms in total. The highest BCUT2D eigenvalue weighted by atomic mass is 35.5. The van der Waals surface area contributed by atoms with Gasteiger partial charge in [-0.2, -0.15) is 18.4 Å². The third kappa shape index (κ3) is 3.38. The number of rotatable bonds is 2. The number of benzene rings is 2. The lowest BCUT2D eigenvalue weighted by molar-refractivity contribution is -0.137. The normalized spacial score (nSPS) is 11.0. The summed E-state index contributed by atoms with van der Waals surface area (Å²) >= 11 is 5.89. The molecule has 0 heterocycles. The molecule has 2 aromatic rings. The van der Waals surface area contributed by atoms with Crippen LogP contribution in [0.15, 0.2) is 36.4 Å². The maximum Gasteiger partial charge on any atom is 0.416 e. The van der Waals surface area contributed by atoms with Crippen LogP contribution in [0, 0.1) is 11.3 Å². The Labute approximate surface area is 123 Å². The van der Waals surface area contributed by atoms with Gasteiger partial charge in [-0.05, 0) is 36.4 Å². The minimum atomic E-state index is -4.47. The van der Waals surface area contributed by atoms with E-state index < -0.39 is 11.7 Å². The number of nitriles is 1. The SMILES string of the molecule is N#Cc1cc(N)ccc1Nc1cc(C(F)(F)F)ccc1Cl. The molecule has 0 spiro atoms. The van der Waals surface area contributed by atoms with Gasteiger partial charge in [0.25, 0.3) is 0 Å². The summed E-state index contributed by atoms with van der Waals surface area (Å²) < 4.78 is 38.1. The van der Waals surface area contributed by atoms with Gasteiger partial charge in [0, 0.05) is 5.69 Å². The zero-order chi connectivity index (χ0) is 15.6. The van der Waals surface area contributed by atoms with Crippen molar-refractivity contribution in [2.45, 2.75) is 6.18 Å². The Hall–Kier alpha value is -2.39. The summed E-state index contributed by atoms with van der Waals surface area (Å²) in [6.45, 7) is 0. The molecular formula is C14H9ClF3N3. The van der Waals surface area contributed by atoms with Gasteiger partial charge in [-0.15, -0.1) is 0 Å². The van der Waals surface area contributed by atoms with Crippen molar-refractivity contribution >= 4 is 28.7 Å². The molecule has 108 valence electrons. The van der Waals surface area contributed by atoms with E-state index in [9.17, 15) is 13.2 Å². The number of nitrogen functional groups attached to an aromatic ring is 1. The van der Waals surface area contributed by atoms with Crippen LogP contribution in [0.1, 0.15) is 11.1 Å². The Morgan fingerprint density at radius 2 is 1.81 bits per heavy atom. The molecule has 3 N–H and O–H groups in total. The van der Waals surface area contributed by atoms with Gasteiger partial charge >= 0.3 is 6.18 Å². The van der Waals surface area contributed by atoms with E-state index in [-0.39, 0.29) is 16.3 Å². The van der Waals surface area contributed by atoms with E-state index in [0.717, 1.165) is 18.2 Å². The van der Waals surface area contributed by atoms with Crippen LogP contribution in [0.25, 0.3) is 0 Å². The topological polar surface area (TPSA) is 61.8 Å². The Kier molecular flexibility index (Phi) is 3.96. The van der Waals surface area contributed by atoms with Crippen molar-refractivity contribution in [3.8, 4) is 6.07 Å². The van der Waals surface area contributed by atoms with Crippen LogP contribution < -0.4 is 11.1 Å². The third-order valence-corrected chi connectivity index (χ3v) is 3.06. The van der Waals surface area contributed by atoms with E-state index in [0.29, 0.717) is 11.4 Å². The Morgan fingerprint density at radius 3 is 2.43 bits per heavy atom. The van der Waals surface area contributed by atoms with Crippen LogP contribution in [-0.2, 0) is 6.18 Å². The Bertz CT molecular complexity index is 720. The maximum absolute atomic E-state index is 12.7. The summed E-state index contributed by atoms with van der Waals surface area (Å²) in [7, 11) is 0. The predicted molar refractivity (Wildman–Crippen MR) is 75.3 cm³/mol. The van der Waals surface area contributed by atoms with E-state index in [4.69, 9.17) is 22.6 Å². The second kappa shape index (κ2) is 5.54. The number of nitrogens with zero attached hydrogens (tertiary/aromatic N) is 1. The van der Waals surface area contributed by atoms with Crippen LogP contribution >= 0.6 is 11.6 Å². The van der Waals surface area contributed by atoms with Gasteiger partial charge in [0.2, 0.25) is 0 Å². The largest absolute Gasteiger partial charge is 0.416 e. The van der Waals surface area contributed by atoms with Crippen LogP contribution in [0.2, 0.25) is 5.02 Å². The molecule has 0 bridgehead atoms. The minimum Gasteiger partial charge on any atom is -0.399 e. The number of alkyl halides is 3. The zero-order valence-electron chi connectivity index (χ0n) is 10.5. The lowest BCUT2D eigenvalue weighted by Gasteiger charge is -2.13. The maximum atomic E-state index is 12.7.